The number of ether oxygens (including phenoxy) is 3. The van der Waals surface area contributed by atoms with Crippen LogP contribution in [-0.4, -0.2) is 29.1 Å². The highest BCUT2D eigenvalue weighted by Crippen LogP contribution is 2.42. The van der Waals surface area contributed by atoms with Crippen LogP contribution in [0.15, 0.2) is 42.7 Å². The number of ketones is 1. The van der Waals surface area contributed by atoms with E-state index in [0.717, 1.165) is 5.56 Å². The molecule has 1 aliphatic heterocycles. The van der Waals surface area contributed by atoms with Crippen molar-refractivity contribution in [2.75, 3.05) is 7.11 Å². The van der Waals surface area contributed by atoms with Crippen molar-refractivity contribution < 1.29 is 34.0 Å². The average molecular weight is 384 g/mol. The summed E-state index contributed by atoms with van der Waals surface area (Å²) in [4.78, 5) is 24.0. The molecule has 0 fully saturated rings. The summed E-state index contributed by atoms with van der Waals surface area (Å²) in [7, 11) is 1.43. The molecule has 28 heavy (non-hydrogen) atoms. The van der Waals surface area contributed by atoms with Gasteiger partial charge in [-0.2, -0.15) is 0 Å². The van der Waals surface area contributed by atoms with Crippen LogP contribution < -0.4 is 9.47 Å². The van der Waals surface area contributed by atoms with Crippen LogP contribution in [-0.2, 0) is 9.53 Å². The number of rotatable bonds is 5. The molecule has 0 saturated carbocycles. The molecule has 7 heteroatoms. The minimum Gasteiger partial charge on any atom is -0.507 e. The third kappa shape index (κ3) is 3.57. The first kappa shape index (κ1) is 19.4. The van der Waals surface area contributed by atoms with Gasteiger partial charge in [0.2, 0.25) is 12.1 Å². The quantitative estimate of drug-likeness (QED) is 0.760. The zero-order valence-electron chi connectivity index (χ0n) is 15.6. The molecule has 2 aromatic rings. The molecule has 0 aromatic heterocycles. The number of carbonyl (C=O) groups excluding carboxylic acids is 1. The van der Waals surface area contributed by atoms with Gasteiger partial charge in [-0.3, -0.25) is 9.59 Å². The number of hydrogen-bond donors (Lipinski definition) is 2. The third-order valence-corrected chi connectivity index (χ3v) is 4.40. The lowest BCUT2D eigenvalue weighted by Gasteiger charge is -2.19. The van der Waals surface area contributed by atoms with Crippen molar-refractivity contribution in [1.29, 1.82) is 0 Å². The molecular weight excluding hydrogens is 364 g/mol. The Balaban J connectivity index is 2.08. The van der Waals surface area contributed by atoms with Gasteiger partial charge in [0.1, 0.15) is 22.8 Å². The van der Waals surface area contributed by atoms with Crippen LogP contribution >= 0.6 is 0 Å². The summed E-state index contributed by atoms with van der Waals surface area (Å²) < 4.78 is 16.9. The van der Waals surface area contributed by atoms with E-state index in [-0.39, 0.29) is 28.4 Å². The Labute approximate surface area is 161 Å². The number of hydrogen-bond acceptors (Lipinski definition) is 6. The van der Waals surface area contributed by atoms with Crippen molar-refractivity contribution in [3.8, 4) is 17.2 Å². The number of benzene rings is 2. The summed E-state index contributed by atoms with van der Waals surface area (Å²) >= 11 is 0. The highest BCUT2D eigenvalue weighted by Gasteiger charge is 2.33. The molecule has 0 spiro atoms. The van der Waals surface area contributed by atoms with Crippen molar-refractivity contribution in [3.05, 3.63) is 64.9 Å². The molecule has 2 atom stereocenters. The first-order valence-corrected chi connectivity index (χ1v) is 8.60. The fourth-order valence-corrected chi connectivity index (χ4v) is 2.93. The van der Waals surface area contributed by atoms with E-state index in [0.29, 0.717) is 5.56 Å². The normalized spacial score (nSPS) is 16.7. The summed E-state index contributed by atoms with van der Waals surface area (Å²) in [5, 5.41) is 19.3. The van der Waals surface area contributed by atoms with Gasteiger partial charge in [0.05, 0.1) is 17.7 Å². The molecule has 2 N–H and O–H groups in total. The SMILES string of the molecule is CO[C@@H]1Oc2cc(C)cc(O)c2C(=O)c2cccc(O/C=C/[C@@H](C)C(=O)O)c21. The van der Waals surface area contributed by atoms with Gasteiger partial charge in [-0.05, 0) is 43.7 Å². The molecule has 0 amide bonds. The number of aromatic hydroxyl groups is 1. The Morgan fingerprint density at radius 2 is 2.07 bits per heavy atom. The van der Waals surface area contributed by atoms with E-state index in [1.54, 1.807) is 31.2 Å². The van der Waals surface area contributed by atoms with Crippen molar-refractivity contribution >= 4 is 11.8 Å². The maximum absolute atomic E-state index is 13.1. The first-order chi connectivity index (χ1) is 13.3. The van der Waals surface area contributed by atoms with E-state index in [1.165, 1.54) is 32.4 Å². The third-order valence-electron chi connectivity index (χ3n) is 4.40. The van der Waals surface area contributed by atoms with E-state index in [1.807, 2.05) is 0 Å². The van der Waals surface area contributed by atoms with E-state index in [2.05, 4.69) is 0 Å². The van der Waals surface area contributed by atoms with E-state index >= 15 is 0 Å². The smallest absolute Gasteiger partial charge is 0.310 e. The van der Waals surface area contributed by atoms with Gasteiger partial charge in [0, 0.05) is 12.7 Å². The number of aryl methyl sites for hydroxylation is 1. The molecule has 0 radical (unpaired) electrons. The van der Waals surface area contributed by atoms with Crippen molar-refractivity contribution in [2.45, 2.75) is 20.1 Å². The molecule has 0 aliphatic carbocycles. The topological polar surface area (TPSA) is 102 Å². The molecule has 2 aromatic carbocycles. The second kappa shape index (κ2) is 7.74. The number of phenolic OH excluding ortho intramolecular Hbond substituents is 1. The minimum atomic E-state index is -0.985. The Morgan fingerprint density at radius 1 is 1.32 bits per heavy atom. The number of carbonyl (C=O) groups is 2. The number of carboxylic acid groups (broad SMARTS) is 1. The van der Waals surface area contributed by atoms with Gasteiger partial charge >= 0.3 is 5.97 Å². The molecule has 0 bridgehead atoms. The molecule has 146 valence electrons. The van der Waals surface area contributed by atoms with Crippen LogP contribution in [0.3, 0.4) is 0 Å². The lowest BCUT2D eigenvalue weighted by molar-refractivity contribution is -0.139. The number of carboxylic acids is 1. The van der Waals surface area contributed by atoms with Gasteiger partial charge < -0.3 is 24.4 Å². The lowest BCUT2D eigenvalue weighted by Crippen LogP contribution is -2.12. The summed E-state index contributed by atoms with van der Waals surface area (Å²) in [5.74, 6) is -1.81. The molecule has 1 aliphatic rings. The van der Waals surface area contributed by atoms with Crippen molar-refractivity contribution in [2.24, 2.45) is 5.92 Å². The fraction of sp³-hybridized carbons (Fsp3) is 0.238. The van der Waals surface area contributed by atoms with Gasteiger partial charge in [-0.15, -0.1) is 0 Å². The van der Waals surface area contributed by atoms with E-state index in [9.17, 15) is 14.7 Å². The molecule has 1 heterocycles. The van der Waals surface area contributed by atoms with Gasteiger partial charge in [0.25, 0.3) is 0 Å². The number of fused-ring (bicyclic) bond motifs is 2. The van der Waals surface area contributed by atoms with Crippen LogP contribution in [0, 0.1) is 12.8 Å². The molecule has 0 saturated heterocycles. The maximum Gasteiger partial charge on any atom is 0.310 e. The molecule has 0 unspecified atom stereocenters. The van der Waals surface area contributed by atoms with E-state index < -0.39 is 24.0 Å². The Morgan fingerprint density at radius 3 is 2.75 bits per heavy atom. The Hall–Kier alpha value is -3.32. The largest absolute Gasteiger partial charge is 0.507 e. The van der Waals surface area contributed by atoms with Crippen LogP contribution in [0.2, 0.25) is 0 Å². The summed E-state index contributed by atoms with van der Waals surface area (Å²) in [6.07, 6.45) is 1.68. The summed E-state index contributed by atoms with van der Waals surface area (Å²) in [6, 6.07) is 7.99. The van der Waals surface area contributed by atoms with Crippen LogP contribution in [0.5, 0.6) is 17.2 Å². The number of methoxy groups -OCH3 is 1. The molecular formula is C21H20O7. The van der Waals surface area contributed by atoms with Crippen molar-refractivity contribution in [1.82, 2.24) is 0 Å². The monoisotopic (exact) mass is 384 g/mol. The summed E-state index contributed by atoms with van der Waals surface area (Å²) in [5.41, 5.74) is 1.41. The van der Waals surface area contributed by atoms with Gasteiger partial charge in [-0.25, -0.2) is 0 Å². The maximum atomic E-state index is 13.1. The summed E-state index contributed by atoms with van der Waals surface area (Å²) in [6.45, 7) is 3.29. The van der Waals surface area contributed by atoms with Crippen molar-refractivity contribution in [3.63, 3.8) is 0 Å². The minimum absolute atomic E-state index is 0.0543. The Kier molecular flexibility index (Phi) is 5.37. The zero-order valence-corrected chi connectivity index (χ0v) is 15.6. The molecule has 7 nitrogen and oxygen atoms in total. The highest BCUT2D eigenvalue weighted by atomic mass is 16.7. The number of phenols is 1. The Bertz CT molecular complexity index is 961. The predicted molar refractivity (Wildman–Crippen MR) is 99.7 cm³/mol. The molecule has 3 rings (SSSR count). The average Bonchev–Trinajstić information content (AvgIpc) is 2.76. The van der Waals surface area contributed by atoms with Crippen LogP contribution in [0.4, 0.5) is 0 Å². The predicted octanol–water partition coefficient (Wildman–Crippen LogP) is 3.58. The lowest BCUT2D eigenvalue weighted by atomic mass is 9.96. The van der Waals surface area contributed by atoms with Gasteiger partial charge in [0.15, 0.2) is 0 Å². The van der Waals surface area contributed by atoms with Gasteiger partial charge in [-0.1, -0.05) is 12.1 Å². The second-order valence-electron chi connectivity index (χ2n) is 6.46. The highest BCUT2D eigenvalue weighted by molar-refractivity contribution is 6.14. The standard InChI is InChI=1S/C21H20O7/c1-11-9-14(22)18-16(10-11)28-21(26-3)17-13(19(18)23)5-4-6-15(17)27-8-7-12(2)20(24)25/h4-10,12,21-22H,1-3H3,(H,24,25)/b8-7+/t12-,21-/m1/s1. The first-order valence-electron chi connectivity index (χ1n) is 8.60. The second-order valence-corrected chi connectivity index (χ2v) is 6.46. The van der Waals surface area contributed by atoms with Crippen LogP contribution in [0.1, 0.15) is 40.3 Å². The zero-order chi connectivity index (χ0) is 20.4. The van der Waals surface area contributed by atoms with Crippen LogP contribution in [0.25, 0.3) is 0 Å². The number of aliphatic carboxylic acids is 1. The van der Waals surface area contributed by atoms with E-state index in [4.69, 9.17) is 19.3 Å². The fourth-order valence-electron chi connectivity index (χ4n) is 2.93.